The predicted molar refractivity (Wildman–Crippen MR) is 108 cm³/mol. The average molecular weight is 378 g/mol. The van der Waals surface area contributed by atoms with Gasteiger partial charge in [0.2, 0.25) is 0 Å². The minimum Gasteiger partial charge on any atom is -0.354 e. The molecule has 0 saturated carbocycles. The van der Waals surface area contributed by atoms with Gasteiger partial charge in [0, 0.05) is 38.6 Å². The van der Waals surface area contributed by atoms with Gasteiger partial charge >= 0.3 is 6.03 Å². The van der Waals surface area contributed by atoms with Crippen LogP contribution in [0.4, 0.5) is 10.6 Å². The van der Waals surface area contributed by atoms with E-state index in [1.807, 2.05) is 18.2 Å². The highest BCUT2D eigenvalue weighted by atomic mass is 16.2. The van der Waals surface area contributed by atoms with Crippen molar-refractivity contribution in [1.82, 2.24) is 20.6 Å². The third-order valence-corrected chi connectivity index (χ3v) is 5.02. The van der Waals surface area contributed by atoms with Crippen molar-refractivity contribution in [3.8, 4) is 6.07 Å². The van der Waals surface area contributed by atoms with E-state index in [0.29, 0.717) is 30.5 Å². The van der Waals surface area contributed by atoms with Crippen LogP contribution in [0, 0.1) is 17.2 Å². The number of anilines is 1. The van der Waals surface area contributed by atoms with E-state index >= 15 is 0 Å². The summed E-state index contributed by atoms with van der Waals surface area (Å²) in [6.45, 7) is 2.98. The summed E-state index contributed by atoms with van der Waals surface area (Å²) in [5, 5.41) is 15.1. The first kappa shape index (κ1) is 19.6. The second kappa shape index (κ2) is 10.3. The maximum atomic E-state index is 12.0. The molecule has 2 heterocycles. The fraction of sp³-hybridized carbons (Fsp3) is 0.429. The lowest BCUT2D eigenvalue weighted by Gasteiger charge is -2.32. The highest BCUT2D eigenvalue weighted by Gasteiger charge is 2.22. The largest absolute Gasteiger partial charge is 0.354 e. The van der Waals surface area contributed by atoms with Crippen LogP contribution in [0.2, 0.25) is 0 Å². The molecule has 2 aromatic rings. The van der Waals surface area contributed by atoms with E-state index in [1.165, 1.54) is 11.8 Å². The molecule has 0 bridgehead atoms. The minimum atomic E-state index is -0.101. The first-order valence-electron chi connectivity index (χ1n) is 9.78. The Labute approximate surface area is 165 Å². The molecule has 1 fully saturated rings. The van der Waals surface area contributed by atoms with Crippen molar-refractivity contribution >= 4 is 11.8 Å². The number of rotatable bonds is 7. The molecular formula is C21H26N6O. The van der Waals surface area contributed by atoms with Crippen LogP contribution in [-0.2, 0) is 6.42 Å². The highest BCUT2D eigenvalue weighted by molar-refractivity contribution is 5.73. The lowest BCUT2D eigenvalue weighted by Crippen LogP contribution is -2.42. The smallest absolute Gasteiger partial charge is 0.314 e. The molecule has 146 valence electrons. The van der Waals surface area contributed by atoms with Crippen LogP contribution in [0.3, 0.4) is 0 Å². The standard InChI is InChI=1S/C21H26N6O/c22-15-19-20(24-12-11-23-19)27-13-8-18(9-14-27)16-26-21(28)25-10-4-7-17-5-2-1-3-6-17/h1-3,5-6,11-12,18H,4,7-10,13-14,16H2,(H2,25,26,28). The lowest BCUT2D eigenvalue weighted by molar-refractivity contribution is 0.237. The maximum absolute atomic E-state index is 12.0. The Kier molecular flexibility index (Phi) is 7.19. The van der Waals surface area contributed by atoms with Crippen LogP contribution < -0.4 is 15.5 Å². The monoisotopic (exact) mass is 378 g/mol. The van der Waals surface area contributed by atoms with Gasteiger partial charge in [-0.15, -0.1) is 0 Å². The number of benzene rings is 1. The summed E-state index contributed by atoms with van der Waals surface area (Å²) in [6, 6.07) is 12.3. The van der Waals surface area contributed by atoms with Crippen LogP contribution in [0.5, 0.6) is 0 Å². The molecule has 1 saturated heterocycles. The van der Waals surface area contributed by atoms with Gasteiger partial charge in [-0.3, -0.25) is 0 Å². The number of amides is 2. The number of hydrogen-bond acceptors (Lipinski definition) is 5. The zero-order chi connectivity index (χ0) is 19.6. The maximum Gasteiger partial charge on any atom is 0.314 e. The van der Waals surface area contributed by atoms with Gasteiger partial charge in [-0.25, -0.2) is 14.8 Å². The van der Waals surface area contributed by atoms with Gasteiger partial charge in [0.25, 0.3) is 0 Å². The van der Waals surface area contributed by atoms with Crippen molar-refractivity contribution in [2.24, 2.45) is 5.92 Å². The molecule has 1 aromatic carbocycles. The summed E-state index contributed by atoms with van der Waals surface area (Å²) in [7, 11) is 0. The number of aryl methyl sites for hydroxylation is 1. The zero-order valence-electron chi connectivity index (χ0n) is 16.0. The van der Waals surface area contributed by atoms with Crippen molar-refractivity contribution in [3.63, 3.8) is 0 Å². The predicted octanol–water partition coefficient (Wildman–Crippen LogP) is 2.50. The molecule has 1 aliphatic heterocycles. The SMILES string of the molecule is N#Cc1nccnc1N1CCC(CNC(=O)NCCCc2ccccc2)CC1. The molecule has 3 rings (SSSR count). The number of nitrogens with zero attached hydrogens (tertiary/aromatic N) is 4. The zero-order valence-corrected chi connectivity index (χ0v) is 16.0. The number of aromatic nitrogens is 2. The third kappa shape index (κ3) is 5.68. The van der Waals surface area contributed by atoms with Gasteiger partial charge in [-0.1, -0.05) is 30.3 Å². The molecule has 1 aliphatic rings. The lowest BCUT2D eigenvalue weighted by atomic mass is 9.97. The molecule has 0 atom stereocenters. The molecular weight excluding hydrogens is 352 g/mol. The summed E-state index contributed by atoms with van der Waals surface area (Å²) in [5.74, 6) is 1.10. The van der Waals surface area contributed by atoms with Gasteiger partial charge in [0.05, 0.1) is 0 Å². The number of urea groups is 1. The number of nitriles is 1. The van der Waals surface area contributed by atoms with E-state index in [-0.39, 0.29) is 6.03 Å². The number of hydrogen-bond donors (Lipinski definition) is 2. The average Bonchev–Trinajstić information content (AvgIpc) is 2.76. The first-order chi connectivity index (χ1) is 13.8. The second-order valence-electron chi connectivity index (χ2n) is 7.00. The van der Waals surface area contributed by atoms with Gasteiger partial charge in [-0.2, -0.15) is 5.26 Å². The molecule has 0 unspecified atom stereocenters. The third-order valence-electron chi connectivity index (χ3n) is 5.02. The molecule has 1 aromatic heterocycles. The van der Waals surface area contributed by atoms with E-state index in [1.54, 1.807) is 6.20 Å². The van der Waals surface area contributed by atoms with E-state index < -0.39 is 0 Å². The molecule has 28 heavy (non-hydrogen) atoms. The second-order valence-corrected chi connectivity index (χ2v) is 7.00. The Morgan fingerprint density at radius 3 is 2.64 bits per heavy atom. The van der Waals surface area contributed by atoms with Crippen LogP contribution in [-0.4, -0.2) is 42.2 Å². The Morgan fingerprint density at radius 1 is 1.14 bits per heavy atom. The Bertz CT molecular complexity index is 796. The van der Waals surface area contributed by atoms with Crippen LogP contribution >= 0.6 is 0 Å². The van der Waals surface area contributed by atoms with E-state index in [2.05, 4.69) is 43.7 Å². The summed E-state index contributed by atoms with van der Waals surface area (Å²) < 4.78 is 0. The van der Waals surface area contributed by atoms with Crippen LogP contribution in [0.15, 0.2) is 42.7 Å². The van der Waals surface area contributed by atoms with Crippen molar-refractivity contribution in [2.45, 2.75) is 25.7 Å². The summed E-state index contributed by atoms with van der Waals surface area (Å²) in [5.41, 5.74) is 1.66. The molecule has 0 spiro atoms. The topological polar surface area (TPSA) is 93.9 Å². The molecule has 7 heteroatoms. The molecule has 0 aliphatic carbocycles. The van der Waals surface area contributed by atoms with E-state index in [0.717, 1.165) is 38.8 Å². The number of carbonyl (C=O) groups is 1. The number of piperidine rings is 1. The van der Waals surface area contributed by atoms with Crippen molar-refractivity contribution in [2.75, 3.05) is 31.1 Å². The molecule has 2 amide bonds. The number of nitrogens with one attached hydrogen (secondary N) is 2. The Balaban J connectivity index is 1.32. The van der Waals surface area contributed by atoms with Gasteiger partial charge in [-0.05, 0) is 37.2 Å². The Morgan fingerprint density at radius 2 is 1.89 bits per heavy atom. The summed E-state index contributed by atoms with van der Waals surface area (Å²) in [6.07, 6.45) is 6.95. The summed E-state index contributed by atoms with van der Waals surface area (Å²) in [4.78, 5) is 22.5. The molecule has 7 nitrogen and oxygen atoms in total. The van der Waals surface area contributed by atoms with Crippen LogP contribution in [0.25, 0.3) is 0 Å². The van der Waals surface area contributed by atoms with E-state index in [4.69, 9.17) is 5.26 Å². The fourth-order valence-corrected chi connectivity index (χ4v) is 3.43. The minimum absolute atomic E-state index is 0.101. The first-order valence-corrected chi connectivity index (χ1v) is 9.78. The highest BCUT2D eigenvalue weighted by Crippen LogP contribution is 2.22. The van der Waals surface area contributed by atoms with Gasteiger partial charge in [0.15, 0.2) is 11.5 Å². The quantitative estimate of drug-likeness (QED) is 0.722. The van der Waals surface area contributed by atoms with Gasteiger partial charge in [0.1, 0.15) is 6.07 Å². The van der Waals surface area contributed by atoms with Crippen LogP contribution in [0.1, 0.15) is 30.5 Å². The van der Waals surface area contributed by atoms with E-state index in [9.17, 15) is 4.79 Å². The van der Waals surface area contributed by atoms with Crippen molar-refractivity contribution in [1.29, 1.82) is 5.26 Å². The molecule has 2 N–H and O–H groups in total. The molecule has 0 radical (unpaired) electrons. The van der Waals surface area contributed by atoms with Gasteiger partial charge < -0.3 is 15.5 Å². The summed E-state index contributed by atoms with van der Waals surface area (Å²) >= 11 is 0. The number of carbonyl (C=O) groups excluding carboxylic acids is 1. The van der Waals surface area contributed by atoms with Crippen molar-refractivity contribution < 1.29 is 4.79 Å². The normalized spacial score (nSPS) is 14.3. The fourth-order valence-electron chi connectivity index (χ4n) is 3.43. The Hall–Kier alpha value is -3.14. The van der Waals surface area contributed by atoms with Crippen molar-refractivity contribution in [3.05, 3.63) is 54.0 Å².